The Morgan fingerprint density at radius 1 is 1.21 bits per heavy atom. The van der Waals surface area contributed by atoms with Gasteiger partial charge in [0.1, 0.15) is 0 Å². The number of hydrogen-bond donors (Lipinski definition) is 3. The van der Waals surface area contributed by atoms with Crippen molar-refractivity contribution in [2.45, 2.75) is 26.8 Å². The predicted molar refractivity (Wildman–Crippen MR) is 76.0 cm³/mol. The highest BCUT2D eigenvalue weighted by atomic mass is 16.2. The number of likely N-dealkylation sites (N-methyl/N-ethyl adjacent to an activating group) is 1. The third-order valence-corrected chi connectivity index (χ3v) is 2.65. The number of aryl methyl sites for hydroxylation is 1. The molecule has 0 heterocycles. The van der Waals surface area contributed by atoms with Crippen molar-refractivity contribution in [2.75, 3.05) is 18.4 Å². The lowest BCUT2D eigenvalue weighted by atomic mass is 10.2. The van der Waals surface area contributed by atoms with Crippen LogP contribution in [0.2, 0.25) is 0 Å². The fourth-order valence-corrected chi connectivity index (χ4v) is 1.51. The highest BCUT2D eigenvalue weighted by Crippen LogP contribution is 2.07. The van der Waals surface area contributed by atoms with Crippen LogP contribution in [0, 0.1) is 6.92 Å². The summed E-state index contributed by atoms with van der Waals surface area (Å²) in [6.07, 6.45) is 0. The number of rotatable bonds is 6. The van der Waals surface area contributed by atoms with Gasteiger partial charge in [-0.05, 0) is 32.9 Å². The van der Waals surface area contributed by atoms with Crippen LogP contribution in [0.15, 0.2) is 24.3 Å². The Labute approximate surface area is 113 Å². The molecule has 19 heavy (non-hydrogen) atoms. The monoisotopic (exact) mass is 263 g/mol. The van der Waals surface area contributed by atoms with Crippen LogP contribution >= 0.6 is 0 Å². The number of carbonyl (C=O) groups is 2. The van der Waals surface area contributed by atoms with Gasteiger partial charge in [0.25, 0.3) is 0 Å². The normalized spacial score (nSPS) is 11.7. The molecule has 0 saturated heterocycles. The molecule has 1 aromatic carbocycles. The first-order chi connectivity index (χ1) is 9.02. The molecule has 104 valence electrons. The van der Waals surface area contributed by atoms with Crippen LogP contribution in [-0.4, -0.2) is 30.9 Å². The van der Waals surface area contributed by atoms with E-state index >= 15 is 0 Å². The molecule has 1 rings (SSSR count). The zero-order valence-electron chi connectivity index (χ0n) is 11.6. The number of amides is 2. The molecule has 1 aromatic rings. The van der Waals surface area contributed by atoms with E-state index in [-0.39, 0.29) is 24.4 Å². The number of hydrogen-bond acceptors (Lipinski definition) is 3. The van der Waals surface area contributed by atoms with E-state index < -0.39 is 0 Å². The first-order valence-corrected chi connectivity index (χ1v) is 6.40. The van der Waals surface area contributed by atoms with Gasteiger partial charge < -0.3 is 10.6 Å². The molecule has 1 atom stereocenters. The average Bonchev–Trinajstić information content (AvgIpc) is 2.39. The minimum atomic E-state index is -0.385. The lowest BCUT2D eigenvalue weighted by molar-refractivity contribution is -0.122. The van der Waals surface area contributed by atoms with Gasteiger partial charge in [-0.3, -0.25) is 14.9 Å². The summed E-state index contributed by atoms with van der Waals surface area (Å²) < 4.78 is 0. The van der Waals surface area contributed by atoms with Crippen molar-refractivity contribution in [3.8, 4) is 0 Å². The zero-order valence-corrected chi connectivity index (χ0v) is 11.6. The quantitative estimate of drug-likeness (QED) is 0.718. The van der Waals surface area contributed by atoms with Gasteiger partial charge in [-0.1, -0.05) is 17.7 Å². The molecule has 0 aromatic heterocycles. The summed E-state index contributed by atoms with van der Waals surface area (Å²) in [5, 5.41) is 8.33. The van der Waals surface area contributed by atoms with Crippen molar-refractivity contribution in [1.82, 2.24) is 10.6 Å². The molecule has 5 heteroatoms. The smallest absolute Gasteiger partial charge is 0.238 e. The van der Waals surface area contributed by atoms with Crippen molar-refractivity contribution in [1.29, 1.82) is 0 Å². The molecular formula is C14H21N3O2. The van der Waals surface area contributed by atoms with E-state index in [0.29, 0.717) is 6.54 Å². The van der Waals surface area contributed by atoms with Gasteiger partial charge in [0.15, 0.2) is 0 Å². The van der Waals surface area contributed by atoms with Crippen molar-refractivity contribution in [3.63, 3.8) is 0 Å². The molecule has 0 aliphatic rings. The third-order valence-electron chi connectivity index (χ3n) is 2.65. The Bertz CT molecular complexity index is 429. The van der Waals surface area contributed by atoms with E-state index in [1.165, 1.54) is 0 Å². The fraction of sp³-hybridized carbons (Fsp3) is 0.429. The van der Waals surface area contributed by atoms with Crippen LogP contribution in [0.4, 0.5) is 5.69 Å². The molecule has 0 saturated carbocycles. The van der Waals surface area contributed by atoms with E-state index in [4.69, 9.17) is 0 Å². The topological polar surface area (TPSA) is 70.2 Å². The highest BCUT2D eigenvalue weighted by molar-refractivity contribution is 5.92. The molecular weight excluding hydrogens is 242 g/mol. The van der Waals surface area contributed by atoms with E-state index in [1.54, 1.807) is 6.92 Å². The Hall–Kier alpha value is -1.88. The van der Waals surface area contributed by atoms with Crippen LogP contribution in [0.5, 0.6) is 0 Å². The summed E-state index contributed by atoms with van der Waals surface area (Å²) in [7, 11) is 0. The maximum atomic E-state index is 11.7. The minimum Gasteiger partial charge on any atom is -0.355 e. The largest absolute Gasteiger partial charge is 0.355 e. The molecule has 5 nitrogen and oxygen atoms in total. The maximum absolute atomic E-state index is 11.7. The number of benzene rings is 1. The van der Waals surface area contributed by atoms with Crippen molar-refractivity contribution in [3.05, 3.63) is 29.8 Å². The van der Waals surface area contributed by atoms with Crippen molar-refractivity contribution in [2.24, 2.45) is 0 Å². The second-order valence-corrected chi connectivity index (χ2v) is 4.41. The van der Waals surface area contributed by atoms with Crippen LogP contribution in [0.3, 0.4) is 0 Å². The average molecular weight is 263 g/mol. The molecule has 1 unspecified atom stereocenters. The second kappa shape index (κ2) is 7.53. The van der Waals surface area contributed by atoms with Gasteiger partial charge in [-0.25, -0.2) is 0 Å². The lowest BCUT2D eigenvalue weighted by Crippen LogP contribution is -2.44. The van der Waals surface area contributed by atoms with E-state index in [9.17, 15) is 9.59 Å². The third kappa shape index (κ3) is 5.52. The maximum Gasteiger partial charge on any atom is 0.238 e. The summed E-state index contributed by atoms with van der Waals surface area (Å²) in [4.78, 5) is 23.1. The van der Waals surface area contributed by atoms with Crippen LogP contribution in [-0.2, 0) is 9.59 Å². The molecule has 2 amide bonds. The number of anilines is 1. The van der Waals surface area contributed by atoms with Gasteiger partial charge in [0, 0.05) is 12.2 Å². The lowest BCUT2D eigenvalue weighted by Gasteiger charge is -2.13. The van der Waals surface area contributed by atoms with E-state index in [2.05, 4.69) is 16.0 Å². The fourth-order valence-electron chi connectivity index (χ4n) is 1.51. The highest BCUT2D eigenvalue weighted by Gasteiger charge is 2.12. The molecule has 0 spiro atoms. The molecule has 0 radical (unpaired) electrons. The van der Waals surface area contributed by atoms with E-state index in [1.807, 2.05) is 38.1 Å². The van der Waals surface area contributed by atoms with Gasteiger partial charge in [0.05, 0.1) is 12.6 Å². The molecule has 0 aliphatic heterocycles. The van der Waals surface area contributed by atoms with Gasteiger partial charge in [0.2, 0.25) is 11.8 Å². The van der Waals surface area contributed by atoms with Gasteiger partial charge >= 0.3 is 0 Å². The predicted octanol–water partition coefficient (Wildman–Crippen LogP) is 1.05. The second-order valence-electron chi connectivity index (χ2n) is 4.41. The minimum absolute atomic E-state index is 0.103. The SMILES string of the molecule is CCNC(=O)C(C)NCC(=O)Nc1ccc(C)cc1. The molecule has 0 aliphatic carbocycles. The van der Waals surface area contributed by atoms with Crippen LogP contribution in [0.1, 0.15) is 19.4 Å². The van der Waals surface area contributed by atoms with Gasteiger partial charge in [-0.2, -0.15) is 0 Å². The Morgan fingerprint density at radius 2 is 1.84 bits per heavy atom. The molecule has 0 fully saturated rings. The summed E-state index contributed by atoms with van der Waals surface area (Å²) in [6.45, 7) is 6.26. The number of carbonyl (C=O) groups excluding carboxylic acids is 2. The summed E-state index contributed by atoms with van der Waals surface area (Å²) >= 11 is 0. The summed E-state index contributed by atoms with van der Waals surface area (Å²) in [5.74, 6) is -0.273. The Kier molecular flexibility index (Phi) is 6.02. The van der Waals surface area contributed by atoms with Crippen molar-refractivity contribution < 1.29 is 9.59 Å². The Balaban J connectivity index is 2.35. The molecule has 3 N–H and O–H groups in total. The van der Waals surface area contributed by atoms with Crippen LogP contribution in [0.25, 0.3) is 0 Å². The Morgan fingerprint density at radius 3 is 2.42 bits per heavy atom. The first-order valence-electron chi connectivity index (χ1n) is 6.40. The standard InChI is InChI=1S/C14H21N3O2/c1-4-15-14(19)11(3)16-9-13(18)17-12-7-5-10(2)6-8-12/h5-8,11,16H,4,9H2,1-3H3,(H,15,19)(H,17,18). The first kappa shape index (κ1) is 15.2. The number of nitrogens with one attached hydrogen (secondary N) is 3. The summed E-state index contributed by atoms with van der Waals surface area (Å²) in [5.41, 5.74) is 1.89. The van der Waals surface area contributed by atoms with Crippen LogP contribution < -0.4 is 16.0 Å². The summed E-state index contributed by atoms with van der Waals surface area (Å²) in [6, 6.07) is 7.17. The van der Waals surface area contributed by atoms with E-state index in [0.717, 1.165) is 11.3 Å². The van der Waals surface area contributed by atoms with Gasteiger partial charge in [-0.15, -0.1) is 0 Å². The van der Waals surface area contributed by atoms with Crippen molar-refractivity contribution >= 4 is 17.5 Å². The molecule has 0 bridgehead atoms. The zero-order chi connectivity index (χ0) is 14.3.